The van der Waals surface area contributed by atoms with Crippen molar-refractivity contribution in [2.45, 2.75) is 19.8 Å². The number of hydrogen-bond donors (Lipinski definition) is 0. The second kappa shape index (κ2) is 3.79. The molecule has 0 bridgehead atoms. The van der Waals surface area contributed by atoms with Gasteiger partial charge in [-0.1, -0.05) is 24.3 Å². The minimum atomic E-state index is 1.14. The Morgan fingerprint density at radius 2 is 2.14 bits per heavy atom. The van der Waals surface area contributed by atoms with Gasteiger partial charge in [0.2, 0.25) is 0 Å². The Balaban J connectivity index is 2.83. The lowest BCUT2D eigenvalue weighted by Crippen LogP contribution is -2.27. The maximum absolute atomic E-state index is 4.12. The van der Waals surface area contributed by atoms with E-state index in [1.807, 2.05) is 13.3 Å². The van der Waals surface area contributed by atoms with Crippen LogP contribution in [-0.4, -0.2) is 13.3 Å². The summed E-state index contributed by atoms with van der Waals surface area (Å²) < 4.78 is 0. The van der Waals surface area contributed by atoms with Crippen LogP contribution in [0.5, 0.6) is 0 Å². The number of fused-ring (bicyclic) bond motifs is 1. The highest BCUT2D eigenvalue weighted by Gasteiger charge is 2.09. The molecule has 0 heterocycles. The fourth-order valence-electron chi connectivity index (χ4n) is 2.14. The van der Waals surface area contributed by atoms with Gasteiger partial charge in [0, 0.05) is 13.3 Å². The summed E-state index contributed by atoms with van der Waals surface area (Å²) in [5.41, 5.74) is 2.85. The molecule has 0 atom stereocenters. The van der Waals surface area contributed by atoms with Gasteiger partial charge in [-0.05, 0) is 41.3 Å². The zero-order chi connectivity index (χ0) is 9.97. The molecule has 0 saturated carbocycles. The van der Waals surface area contributed by atoms with Gasteiger partial charge in [-0.25, -0.2) is 0 Å². The fourth-order valence-corrected chi connectivity index (χ4v) is 2.14. The van der Waals surface area contributed by atoms with Crippen LogP contribution in [0.2, 0.25) is 0 Å². The summed E-state index contributed by atoms with van der Waals surface area (Å²) in [6.07, 6.45) is 6.47. The van der Waals surface area contributed by atoms with Gasteiger partial charge in [-0.2, -0.15) is 0 Å². The van der Waals surface area contributed by atoms with E-state index in [1.165, 1.54) is 28.0 Å². The number of aliphatic imine (C=N–C) groups is 1. The minimum absolute atomic E-state index is 1.14. The first kappa shape index (κ1) is 9.20. The zero-order valence-electron chi connectivity index (χ0n) is 8.75. The van der Waals surface area contributed by atoms with Gasteiger partial charge >= 0.3 is 0 Å². The Bertz CT molecular complexity index is 480. The van der Waals surface area contributed by atoms with E-state index in [2.05, 4.69) is 36.2 Å². The predicted molar refractivity (Wildman–Crippen MR) is 62.0 cm³/mol. The normalized spacial score (nSPS) is 16.7. The SMILES string of the molecule is C/C=c1/cccc2c1=C(C=NC)CC2. The van der Waals surface area contributed by atoms with Crippen LogP contribution in [0.15, 0.2) is 23.2 Å². The molecule has 0 fully saturated rings. The van der Waals surface area contributed by atoms with E-state index in [4.69, 9.17) is 0 Å². The summed E-state index contributed by atoms with van der Waals surface area (Å²) in [5.74, 6) is 0. The van der Waals surface area contributed by atoms with Crippen molar-refractivity contribution in [1.29, 1.82) is 0 Å². The highest BCUT2D eigenvalue weighted by molar-refractivity contribution is 6.03. The van der Waals surface area contributed by atoms with Crippen LogP contribution in [0.3, 0.4) is 0 Å². The van der Waals surface area contributed by atoms with Crippen LogP contribution in [0.4, 0.5) is 0 Å². The van der Waals surface area contributed by atoms with Crippen LogP contribution in [-0.2, 0) is 6.42 Å². The fraction of sp³-hybridized carbons (Fsp3) is 0.308. The molecule has 2 rings (SSSR count). The molecule has 1 aliphatic rings. The summed E-state index contributed by atoms with van der Waals surface area (Å²) in [4.78, 5) is 4.12. The number of hydrogen-bond acceptors (Lipinski definition) is 1. The quantitative estimate of drug-likeness (QED) is 0.585. The molecule has 1 heteroatoms. The molecular weight excluding hydrogens is 170 g/mol. The van der Waals surface area contributed by atoms with Gasteiger partial charge < -0.3 is 0 Å². The van der Waals surface area contributed by atoms with Crippen molar-refractivity contribution < 1.29 is 0 Å². The molecule has 0 amide bonds. The number of benzene rings is 1. The van der Waals surface area contributed by atoms with Crippen molar-refractivity contribution in [2.75, 3.05) is 7.05 Å². The summed E-state index contributed by atoms with van der Waals surface area (Å²) >= 11 is 0. The Morgan fingerprint density at radius 3 is 2.86 bits per heavy atom. The van der Waals surface area contributed by atoms with Gasteiger partial charge in [0.25, 0.3) is 0 Å². The van der Waals surface area contributed by atoms with Crippen molar-refractivity contribution in [2.24, 2.45) is 4.99 Å². The standard InChI is InChI=1S/C13H15N/c1-3-10-5-4-6-11-7-8-12(9-14-2)13(10)11/h3-6,9H,7-8H2,1-2H3/b10-3-,14-9?. The van der Waals surface area contributed by atoms with Crippen LogP contribution in [0, 0.1) is 0 Å². The highest BCUT2D eigenvalue weighted by Crippen LogP contribution is 2.10. The Hall–Kier alpha value is -1.37. The molecule has 1 aliphatic carbocycles. The lowest BCUT2D eigenvalue weighted by atomic mass is 10.1. The molecule has 0 unspecified atom stereocenters. The third-order valence-corrected chi connectivity index (χ3v) is 2.76. The van der Waals surface area contributed by atoms with Gasteiger partial charge in [-0.3, -0.25) is 4.99 Å². The molecule has 1 aromatic rings. The summed E-state index contributed by atoms with van der Waals surface area (Å²) in [7, 11) is 1.84. The first-order valence-electron chi connectivity index (χ1n) is 5.06. The molecule has 14 heavy (non-hydrogen) atoms. The third-order valence-electron chi connectivity index (χ3n) is 2.76. The Labute approximate surface area is 84.5 Å². The van der Waals surface area contributed by atoms with E-state index in [9.17, 15) is 0 Å². The molecule has 0 saturated heterocycles. The van der Waals surface area contributed by atoms with Crippen LogP contribution < -0.4 is 10.4 Å². The molecule has 0 spiro atoms. The average Bonchev–Trinajstić information content (AvgIpc) is 2.62. The maximum Gasteiger partial charge on any atom is 0.0277 e. The van der Waals surface area contributed by atoms with E-state index in [1.54, 1.807) is 0 Å². The van der Waals surface area contributed by atoms with Crippen LogP contribution in [0.1, 0.15) is 18.9 Å². The average molecular weight is 185 g/mol. The van der Waals surface area contributed by atoms with E-state index >= 15 is 0 Å². The summed E-state index contributed by atoms with van der Waals surface area (Å²) in [5, 5.41) is 2.76. The second-order valence-electron chi connectivity index (χ2n) is 3.58. The molecular formula is C13H15N. The van der Waals surface area contributed by atoms with E-state index < -0.39 is 0 Å². The number of nitrogens with zero attached hydrogens (tertiary/aromatic N) is 1. The lowest BCUT2D eigenvalue weighted by Gasteiger charge is -1.93. The third kappa shape index (κ3) is 1.39. The van der Waals surface area contributed by atoms with Gasteiger partial charge in [0.1, 0.15) is 0 Å². The molecule has 0 N–H and O–H groups in total. The second-order valence-corrected chi connectivity index (χ2v) is 3.58. The molecule has 1 nitrogen and oxygen atoms in total. The smallest absolute Gasteiger partial charge is 0.0277 e. The summed E-state index contributed by atoms with van der Waals surface area (Å²) in [6.45, 7) is 2.09. The van der Waals surface area contributed by atoms with E-state index in [-0.39, 0.29) is 0 Å². The van der Waals surface area contributed by atoms with Crippen molar-refractivity contribution in [1.82, 2.24) is 0 Å². The van der Waals surface area contributed by atoms with Gasteiger partial charge in [0.05, 0.1) is 0 Å². The van der Waals surface area contributed by atoms with Crippen molar-refractivity contribution in [3.05, 3.63) is 34.2 Å². The largest absolute Gasteiger partial charge is 0.296 e. The molecule has 0 aliphatic heterocycles. The molecule has 0 radical (unpaired) electrons. The highest BCUT2D eigenvalue weighted by atomic mass is 14.6. The topological polar surface area (TPSA) is 12.4 Å². The Kier molecular flexibility index (Phi) is 2.49. The lowest BCUT2D eigenvalue weighted by molar-refractivity contribution is 1.07. The van der Waals surface area contributed by atoms with Crippen molar-refractivity contribution >= 4 is 17.9 Å². The first-order chi connectivity index (χ1) is 6.86. The molecule has 1 aromatic carbocycles. The first-order valence-corrected chi connectivity index (χ1v) is 5.06. The predicted octanol–water partition coefficient (Wildman–Crippen LogP) is 1.28. The van der Waals surface area contributed by atoms with Crippen LogP contribution in [0.25, 0.3) is 11.6 Å². The number of rotatable bonds is 1. The van der Waals surface area contributed by atoms with Gasteiger partial charge in [-0.15, -0.1) is 0 Å². The van der Waals surface area contributed by atoms with Crippen LogP contribution >= 0.6 is 0 Å². The van der Waals surface area contributed by atoms with Crippen molar-refractivity contribution in [3.63, 3.8) is 0 Å². The van der Waals surface area contributed by atoms with E-state index in [0.717, 1.165) is 6.42 Å². The summed E-state index contributed by atoms with van der Waals surface area (Å²) in [6, 6.07) is 6.53. The maximum atomic E-state index is 4.12. The zero-order valence-corrected chi connectivity index (χ0v) is 8.75. The molecule has 72 valence electrons. The van der Waals surface area contributed by atoms with Crippen molar-refractivity contribution in [3.8, 4) is 0 Å². The minimum Gasteiger partial charge on any atom is -0.296 e. The monoisotopic (exact) mass is 185 g/mol. The van der Waals surface area contributed by atoms with E-state index in [0.29, 0.717) is 0 Å². The van der Waals surface area contributed by atoms with Gasteiger partial charge in [0.15, 0.2) is 0 Å². The molecule has 0 aromatic heterocycles. The Morgan fingerprint density at radius 1 is 1.29 bits per heavy atom. The number of aryl methyl sites for hydroxylation is 1.